The molecular weight excluding hydrogens is 578 g/mol. The SMILES string of the molecule is CC(C)C[C@H](NC(=O)c1ccc2c(c1)-c1c(c(C(=O)C(C#N)C(=O)Nc3ccccc3)nn1-c1ccccc1)CS2)C(=O)O. The Balaban J connectivity index is 1.56. The van der Waals surface area contributed by atoms with Crippen LogP contribution in [0.2, 0.25) is 0 Å². The van der Waals surface area contributed by atoms with Gasteiger partial charge in [-0.15, -0.1) is 11.8 Å². The van der Waals surface area contributed by atoms with Crippen molar-refractivity contribution in [3.05, 3.63) is 95.7 Å². The second-order valence-corrected chi connectivity index (χ2v) is 11.7. The molecule has 11 heteroatoms. The predicted molar refractivity (Wildman–Crippen MR) is 165 cm³/mol. The Labute approximate surface area is 258 Å². The van der Waals surface area contributed by atoms with E-state index in [9.17, 15) is 29.5 Å². The molecule has 4 aromatic rings. The number of fused-ring (bicyclic) bond motifs is 3. The molecule has 1 unspecified atom stereocenters. The number of rotatable bonds is 10. The summed E-state index contributed by atoms with van der Waals surface area (Å²) in [5.41, 5.74) is 3.05. The summed E-state index contributed by atoms with van der Waals surface area (Å²) in [6.07, 6.45) is 0.274. The van der Waals surface area contributed by atoms with Crippen LogP contribution in [0.3, 0.4) is 0 Å². The van der Waals surface area contributed by atoms with E-state index in [0.717, 1.165) is 4.90 Å². The topological polar surface area (TPSA) is 154 Å². The molecule has 5 rings (SSSR count). The maximum atomic E-state index is 13.8. The average Bonchev–Trinajstić information content (AvgIpc) is 3.42. The van der Waals surface area contributed by atoms with Crippen LogP contribution >= 0.6 is 11.8 Å². The van der Waals surface area contributed by atoms with E-state index < -0.39 is 35.5 Å². The molecule has 0 saturated heterocycles. The number of ketones is 1. The first-order valence-corrected chi connectivity index (χ1v) is 14.9. The number of carboxylic acids is 1. The zero-order chi connectivity index (χ0) is 31.4. The lowest BCUT2D eigenvalue weighted by Crippen LogP contribution is -2.41. The van der Waals surface area contributed by atoms with E-state index in [0.29, 0.717) is 33.9 Å². The largest absolute Gasteiger partial charge is 0.480 e. The molecule has 10 nitrogen and oxygen atoms in total. The molecule has 1 aliphatic rings. The van der Waals surface area contributed by atoms with Gasteiger partial charge in [0, 0.05) is 33.0 Å². The summed E-state index contributed by atoms with van der Waals surface area (Å²) < 4.78 is 1.59. The zero-order valence-electron chi connectivity index (χ0n) is 24.0. The third-order valence-electron chi connectivity index (χ3n) is 7.09. The van der Waals surface area contributed by atoms with Crippen LogP contribution in [-0.2, 0) is 15.3 Å². The van der Waals surface area contributed by atoms with Gasteiger partial charge in [0.1, 0.15) is 11.7 Å². The summed E-state index contributed by atoms with van der Waals surface area (Å²) in [5.74, 6) is -4.39. The van der Waals surface area contributed by atoms with Gasteiger partial charge in [-0.2, -0.15) is 10.4 Å². The Bertz CT molecular complexity index is 1780. The van der Waals surface area contributed by atoms with Crippen LogP contribution in [0.25, 0.3) is 16.9 Å². The second kappa shape index (κ2) is 13.0. The molecule has 3 aromatic carbocycles. The monoisotopic (exact) mass is 607 g/mol. The van der Waals surface area contributed by atoms with E-state index in [2.05, 4.69) is 15.7 Å². The van der Waals surface area contributed by atoms with Gasteiger partial charge in [-0.3, -0.25) is 14.4 Å². The molecule has 0 fully saturated rings. The highest BCUT2D eigenvalue weighted by molar-refractivity contribution is 7.98. The fourth-order valence-corrected chi connectivity index (χ4v) is 6.04. The third kappa shape index (κ3) is 6.26. The van der Waals surface area contributed by atoms with Crippen LogP contribution in [0.5, 0.6) is 0 Å². The number of carbonyl (C=O) groups is 4. The van der Waals surface area contributed by atoms with Gasteiger partial charge < -0.3 is 15.7 Å². The van der Waals surface area contributed by atoms with Gasteiger partial charge in [0.15, 0.2) is 5.92 Å². The molecule has 1 aromatic heterocycles. The molecule has 0 radical (unpaired) electrons. The first-order valence-electron chi connectivity index (χ1n) is 14.0. The fourth-order valence-electron chi connectivity index (χ4n) is 4.99. The first kappa shape index (κ1) is 30.3. The van der Waals surface area contributed by atoms with Crippen LogP contribution in [0.15, 0.2) is 83.8 Å². The van der Waals surface area contributed by atoms with E-state index in [1.54, 1.807) is 53.2 Å². The lowest BCUT2D eigenvalue weighted by molar-refractivity contribution is -0.139. The number of carboxylic acid groups (broad SMARTS) is 1. The van der Waals surface area contributed by atoms with Gasteiger partial charge >= 0.3 is 5.97 Å². The normalized spacial score (nSPS) is 13.1. The van der Waals surface area contributed by atoms with Crippen LogP contribution in [0.4, 0.5) is 5.69 Å². The summed E-state index contributed by atoms with van der Waals surface area (Å²) >= 11 is 1.43. The highest BCUT2D eigenvalue weighted by Gasteiger charge is 2.36. The molecule has 2 heterocycles. The van der Waals surface area contributed by atoms with Crippen LogP contribution in [0, 0.1) is 23.2 Å². The molecule has 2 atom stereocenters. The lowest BCUT2D eigenvalue weighted by atomic mass is 9.96. The number of nitriles is 1. The van der Waals surface area contributed by atoms with Gasteiger partial charge in [0.05, 0.1) is 17.5 Å². The second-order valence-electron chi connectivity index (χ2n) is 10.7. The number of benzene rings is 3. The number of Topliss-reactive ketones (excluding diaryl/α,β-unsaturated/α-hetero) is 1. The number of para-hydroxylation sites is 2. The van der Waals surface area contributed by atoms with Gasteiger partial charge in [0.2, 0.25) is 11.7 Å². The number of aromatic nitrogens is 2. The number of carbonyl (C=O) groups excluding carboxylic acids is 3. The van der Waals surface area contributed by atoms with E-state index in [4.69, 9.17) is 0 Å². The molecular formula is C33H29N5O5S. The van der Waals surface area contributed by atoms with Gasteiger partial charge in [-0.25, -0.2) is 9.48 Å². The highest BCUT2D eigenvalue weighted by atomic mass is 32.2. The zero-order valence-corrected chi connectivity index (χ0v) is 24.8. The van der Waals surface area contributed by atoms with Crippen molar-refractivity contribution in [2.45, 2.75) is 37.0 Å². The standard InChI is InChI=1S/C33H29N5O5S/c1-19(2)15-26(33(42)43)36-31(40)20-13-14-27-23(16-20)29-25(18-44-27)28(37-38(29)22-11-7-4-8-12-22)30(39)24(17-34)32(41)35-21-9-5-3-6-10-21/h3-14,16,19,24,26H,15,18H2,1-2H3,(H,35,41)(H,36,40)(H,42,43)/t24?,26-/m0/s1. The molecule has 0 saturated carbocycles. The van der Waals surface area contributed by atoms with Crippen molar-refractivity contribution in [1.82, 2.24) is 15.1 Å². The van der Waals surface area contributed by atoms with Crippen molar-refractivity contribution in [2.75, 3.05) is 5.32 Å². The maximum absolute atomic E-state index is 13.8. The van der Waals surface area contributed by atoms with Crippen molar-refractivity contribution in [2.24, 2.45) is 11.8 Å². The Morgan fingerprint density at radius 1 is 1.02 bits per heavy atom. The third-order valence-corrected chi connectivity index (χ3v) is 8.19. The number of thioether (sulfide) groups is 1. The summed E-state index contributed by atoms with van der Waals surface area (Å²) in [6, 6.07) is 23.5. The Kier molecular flexibility index (Phi) is 8.92. The van der Waals surface area contributed by atoms with E-state index in [1.165, 1.54) is 11.8 Å². The smallest absolute Gasteiger partial charge is 0.326 e. The number of aliphatic carboxylic acids is 1. The molecule has 1 aliphatic heterocycles. The molecule has 44 heavy (non-hydrogen) atoms. The van der Waals surface area contributed by atoms with Crippen LogP contribution < -0.4 is 10.6 Å². The molecule has 0 spiro atoms. The maximum Gasteiger partial charge on any atom is 0.326 e. The summed E-state index contributed by atoms with van der Waals surface area (Å²) in [7, 11) is 0. The number of anilines is 1. The highest BCUT2D eigenvalue weighted by Crippen LogP contribution is 2.44. The van der Waals surface area contributed by atoms with Crippen molar-refractivity contribution < 1.29 is 24.3 Å². The number of nitrogens with zero attached hydrogens (tertiary/aromatic N) is 3. The Morgan fingerprint density at radius 2 is 1.70 bits per heavy atom. The quantitative estimate of drug-likeness (QED) is 0.161. The fraction of sp³-hybridized carbons (Fsp3) is 0.212. The summed E-state index contributed by atoms with van der Waals surface area (Å²) in [6.45, 7) is 3.76. The lowest BCUT2D eigenvalue weighted by Gasteiger charge is -2.20. The van der Waals surface area contributed by atoms with Crippen molar-refractivity contribution >= 4 is 41.0 Å². The number of hydrogen-bond acceptors (Lipinski definition) is 7. The number of amides is 2. The Hall–Kier alpha value is -5.21. The van der Waals surface area contributed by atoms with Gasteiger partial charge in [-0.05, 0) is 54.8 Å². The minimum atomic E-state index is -1.64. The van der Waals surface area contributed by atoms with Gasteiger partial charge in [-0.1, -0.05) is 50.2 Å². The molecule has 0 aliphatic carbocycles. The average molecular weight is 608 g/mol. The molecule has 2 amide bonds. The first-order chi connectivity index (χ1) is 21.2. The van der Waals surface area contributed by atoms with Crippen LogP contribution in [-0.4, -0.2) is 44.5 Å². The number of hydrogen-bond donors (Lipinski definition) is 3. The van der Waals surface area contributed by atoms with Crippen molar-refractivity contribution in [1.29, 1.82) is 5.26 Å². The molecule has 222 valence electrons. The Morgan fingerprint density at radius 3 is 2.34 bits per heavy atom. The van der Waals surface area contributed by atoms with E-state index in [1.807, 2.05) is 50.2 Å². The van der Waals surface area contributed by atoms with Crippen molar-refractivity contribution in [3.8, 4) is 23.0 Å². The van der Waals surface area contributed by atoms with E-state index in [-0.39, 0.29) is 23.6 Å². The predicted octanol–water partition coefficient (Wildman–Crippen LogP) is 5.34. The van der Waals surface area contributed by atoms with E-state index >= 15 is 0 Å². The molecule has 0 bridgehead atoms. The minimum absolute atomic E-state index is 0.00510. The van der Waals surface area contributed by atoms with Crippen LogP contribution in [0.1, 0.15) is 46.7 Å². The van der Waals surface area contributed by atoms with Gasteiger partial charge in [0.25, 0.3) is 5.91 Å². The summed E-state index contributed by atoms with van der Waals surface area (Å²) in [4.78, 5) is 52.7. The number of nitrogens with one attached hydrogen (secondary N) is 2. The molecule has 3 N–H and O–H groups in total. The minimum Gasteiger partial charge on any atom is -0.480 e. The summed E-state index contributed by atoms with van der Waals surface area (Å²) in [5, 5.41) is 29.4. The van der Waals surface area contributed by atoms with Crippen molar-refractivity contribution in [3.63, 3.8) is 0 Å².